The Morgan fingerprint density at radius 3 is 3.06 bits per heavy atom. The first kappa shape index (κ1) is 11.8. The first-order chi connectivity index (χ1) is 8.74. The van der Waals surface area contributed by atoms with Crippen LogP contribution in [0.1, 0.15) is 11.3 Å². The van der Waals surface area contributed by atoms with E-state index in [1.807, 2.05) is 0 Å². The first-order valence-electron chi connectivity index (χ1n) is 6.60. The maximum Gasteiger partial charge on any atom is 0.0623 e. The number of nitrogens with one attached hydrogen (secondary N) is 1. The lowest BCUT2D eigenvalue weighted by Gasteiger charge is -2.23. The molecule has 1 aromatic carbocycles. The summed E-state index contributed by atoms with van der Waals surface area (Å²) in [6.07, 6.45) is 1.05. The molecule has 2 heterocycles. The fourth-order valence-electron chi connectivity index (χ4n) is 2.70. The Labute approximate surface area is 108 Å². The molecule has 18 heavy (non-hydrogen) atoms. The predicted octanol–water partition coefficient (Wildman–Crippen LogP) is 2.02. The smallest absolute Gasteiger partial charge is 0.0623 e. The molecular formula is C15H20N2O. The van der Waals surface area contributed by atoms with Gasteiger partial charge in [-0.25, -0.2) is 0 Å². The third-order valence-corrected chi connectivity index (χ3v) is 3.83. The van der Waals surface area contributed by atoms with Crippen LogP contribution in [0, 0.1) is 6.92 Å². The molecule has 0 radical (unpaired) electrons. The van der Waals surface area contributed by atoms with Crippen LogP contribution in [0.25, 0.3) is 10.9 Å². The second-order valence-corrected chi connectivity index (χ2v) is 5.17. The van der Waals surface area contributed by atoms with Gasteiger partial charge in [-0.05, 0) is 37.1 Å². The van der Waals surface area contributed by atoms with Crippen molar-refractivity contribution in [1.29, 1.82) is 0 Å². The molecule has 1 N–H and O–H groups in total. The molecule has 0 spiro atoms. The number of aromatic nitrogens is 1. The second kappa shape index (κ2) is 4.75. The van der Waals surface area contributed by atoms with Crippen molar-refractivity contribution in [3.63, 3.8) is 0 Å². The largest absolute Gasteiger partial charge is 0.379 e. The van der Waals surface area contributed by atoms with Gasteiger partial charge in [-0.3, -0.25) is 0 Å². The van der Waals surface area contributed by atoms with Crippen LogP contribution in [0.2, 0.25) is 0 Å². The summed E-state index contributed by atoms with van der Waals surface area (Å²) in [7, 11) is 2.12. The van der Waals surface area contributed by atoms with Crippen LogP contribution in [0.4, 0.5) is 0 Å². The van der Waals surface area contributed by atoms with Gasteiger partial charge >= 0.3 is 0 Å². The molecule has 1 atom stereocenters. The fraction of sp³-hybridized carbons (Fsp3) is 0.467. The molecule has 1 aliphatic heterocycles. The minimum absolute atomic E-state index is 0.459. The Hall–Kier alpha value is -1.32. The predicted molar refractivity (Wildman–Crippen MR) is 74.0 cm³/mol. The Bertz CT molecular complexity index is 553. The molecule has 1 fully saturated rings. The number of ether oxygens (including phenoxy) is 1. The maximum absolute atomic E-state index is 5.50. The van der Waals surface area contributed by atoms with Crippen molar-refractivity contribution in [2.24, 2.45) is 7.05 Å². The fourth-order valence-corrected chi connectivity index (χ4v) is 2.70. The van der Waals surface area contributed by atoms with E-state index in [1.54, 1.807) is 0 Å². The topological polar surface area (TPSA) is 26.2 Å². The van der Waals surface area contributed by atoms with E-state index in [2.05, 4.69) is 48.1 Å². The van der Waals surface area contributed by atoms with Crippen molar-refractivity contribution in [2.75, 3.05) is 19.8 Å². The highest BCUT2D eigenvalue weighted by Gasteiger charge is 2.13. The van der Waals surface area contributed by atoms with Gasteiger partial charge in [0.25, 0.3) is 0 Å². The molecule has 0 bridgehead atoms. The number of hydrogen-bond acceptors (Lipinski definition) is 2. The van der Waals surface area contributed by atoms with Gasteiger partial charge in [-0.1, -0.05) is 6.07 Å². The van der Waals surface area contributed by atoms with Gasteiger partial charge in [-0.2, -0.15) is 0 Å². The average Bonchev–Trinajstić information content (AvgIpc) is 2.66. The Balaban J connectivity index is 1.84. The van der Waals surface area contributed by atoms with Crippen molar-refractivity contribution in [2.45, 2.75) is 19.4 Å². The number of benzene rings is 1. The van der Waals surface area contributed by atoms with E-state index in [0.717, 1.165) is 26.2 Å². The molecular weight excluding hydrogens is 224 g/mol. The highest BCUT2D eigenvalue weighted by molar-refractivity contribution is 5.82. The third-order valence-electron chi connectivity index (χ3n) is 3.83. The molecule has 0 amide bonds. The maximum atomic E-state index is 5.50. The van der Waals surface area contributed by atoms with Crippen LogP contribution < -0.4 is 5.32 Å². The summed E-state index contributed by atoms with van der Waals surface area (Å²) in [6, 6.07) is 9.47. The molecule has 1 aliphatic rings. The van der Waals surface area contributed by atoms with Gasteiger partial charge in [0.2, 0.25) is 0 Å². The van der Waals surface area contributed by atoms with Gasteiger partial charge in [0.05, 0.1) is 13.2 Å². The SMILES string of the molecule is Cc1cc2cc(CC3COCCN3)ccc2n1C. The van der Waals surface area contributed by atoms with Gasteiger partial charge in [-0.15, -0.1) is 0 Å². The van der Waals surface area contributed by atoms with Crippen molar-refractivity contribution >= 4 is 10.9 Å². The lowest BCUT2D eigenvalue weighted by atomic mass is 10.0. The molecule has 3 heteroatoms. The molecule has 3 nitrogen and oxygen atoms in total. The van der Waals surface area contributed by atoms with Crippen LogP contribution in [0.5, 0.6) is 0 Å². The van der Waals surface area contributed by atoms with Crippen LogP contribution in [0.15, 0.2) is 24.3 Å². The zero-order chi connectivity index (χ0) is 12.5. The van der Waals surface area contributed by atoms with Gasteiger partial charge < -0.3 is 14.6 Å². The van der Waals surface area contributed by atoms with Crippen LogP contribution in [-0.4, -0.2) is 30.4 Å². The average molecular weight is 244 g/mol. The summed E-state index contributed by atoms with van der Waals surface area (Å²) in [5, 5.41) is 4.84. The van der Waals surface area contributed by atoms with Crippen LogP contribution in [0.3, 0.4) is 0 Å². The Kier molecular flexibility index (Phi) is 3.10. The number of rotatable bonds is 2. The molecule has 1 saturated heterocycles. The lowest BCUT2D eigenvalue weighted by Crippen LogP contribution is -2.42. The van der Waals surface area contributed by atoms with Crippen molar-refractivity contribution in [1.82, 2.24) is 9.88 Å². The lowest BCUT2D eigenvalue weighted by molar-refractivity contribution is 0.0770. The van der Waals surface area contributed by atoms with E-state index < -0.39 is 0 Å². The second-order valence-electron chi connectivity index (χ2n) is 5.17. The van der Waals surface area contributed by atoms with E-state index in [4.69, 9.17) is 4.74 Å². The van der Waals surface area contributed by atoms with Gasteiger partial charge in [0, 0.05) is 36.2 Å². The highest BCUT2D eigenvalue weighted by Crippen LogP contribution is 2.20. The molecule has 0 saturated carbocycles. The zero-order valence-electron chi connectivity index (χ0n) is 11.1. The van der Waals surface area contributed by atoms with E-state index in [-0.39, 0.29) is 0 Å². The van der Waals surface area contributed by atoms with E-state index in [1.165, 1.54) is 22.2 Å². The number of aryl methyl sites for hydroxylation is 2. The van der Waals surface area contributed by atoms with E-state index >= 15 is 0 Å². The summed E-state index contributed by atoms with van der Waals surface area (Å²) in [5.41, 5.74) is 4.00. The number of nitrogens with zero attached hydrogens (tertiary/aromatic N) is 1. The van der Waals surface area contributed by atoms with E-state index in [0.29, 0.717) is 6.04 Å². The molecule has 1 unspecified atom stereocenters. The van der Waals surface area contributed by atoms with E-state index in [9.17, 15) is 0 Å². The van der Waals surface area contributed by atoms with Crippen molar-refractivity contribution in [3.05, 3.63) is 35.5 Å². The zero-order valence-corrected chi connectivity index (χ0v) is 11.1. The summed E-state index contributed by atoms with van der Waals surface area (Å²) in [6.45, 7) is 4.78. The number of hydrogen-bond donors (Lipinski definition) is 1. The highest BCUT2D eigenvalue weighted by atomic mass is 16.5. The number of fused-ring (bicyclic) bond motifs is 1. The normalized spacial score (nSPS) is 20.4. The molecule has 96 valence electrons. The first-order valence-corrected chi connectivity index (χ1v) is 6.60. The minimum atomic E-state index is 0.459. The van der Waals surface area contributed by atoms with Crippen LogP contribution >= 0.6 is 0 Å². The van der Waals surface area contributed by atoms with Crippen molar-refractivity contribution < 1.29 is 4.74 Å². The summed E-state index contributed by atoms with van der Waals surface area (Å²) >= 11 is 0. The standard InChI is InChI=1S/C15H20N2O/c1-11-7-13-8-12(3-4-15(13)17(11)2)9-14-10-18-6-5-16-14/h3-4,7-8,14,16H,5-6,9-10H2,1-2H3. The minimum Gasteiger partial charge on any atom is -0.379 e. The summed E-state index contributed by atoms with van der Waals surface area (Å²) in [4.78, 5) is 0. The molecule has 1 aromatic heterocycles. The van der Waals surface area contributed by atoms with Crippen LogP contribution in [-0.2, 0) is 18.2 Å². The quantitative estimate of drug-likeness (QED) is 0.874. The molecule has 0 aliphatic carbocycles. The van der Waals surface area contributed by atoms with Gasteiger partial charge in [0.1, 0.15) is 0 Å². The number of morpholine rings is 1. The van der Waals surface area contributed by atoms with Gasteiger partial charge in [0.15, 0.2) is 0 Å². The Morgan fingerprint density at radius 2 is 2.28 bits per heavy atom. The molecule has 3 rings (SSSR count). The summed E-state index contributed by atoms with van der Waals surface area (Å²) < 4.78 is 7.74. The summed E-state index contributed by atoms with van der Waals surface area (Å²) in [5.74, 6) is 0. The third kappa shape index (κ3) is 2.16. The monoisotopic (exact) mass is 244 g/mol. The Morgan fingerprint density at radius 1 is 1.39 bits per heavy atom. The molecule has 2 aromatic rings. The van der Waals surface area contributed by atoms with Crippen molar-refractivity contribution in [3.8, 4) is 0 Å².